The number of fused-ring (bicyclic) bond motifs is 1. The number of quaternary nitrogens is 1. The van der Waals surface area contributed by atoms with E-state index in [1.807, 2.05) is 55.6 Å². The third-order valence-electron chi connectivity index (χ3n) is 2.51. The lowest BCUT2D eigenvalue weighted by molar-refractivity contribution is -1.09. The van der Waals surface area contributed by atoms with Gasteiger partial charge in [-0.25, -0.2) is 0 Å². The van der Waals surface area contributed by atoms with Crippen LogP contribution in [0.15, 0.2) is 58.3 Å². The Morgan fingerprint density at radius 1 is 1.11 bits per heavy atom. The highest BCUT2D eigenvalue weighted by Gasteiger charge is 2.41. The predicted octanol–water partition coefficient (Wildman–Crippen LogP) is 3.73. The Kier molecular flexibility index (Phi) is 2.89. The molecule has 0 radical (unpaired) electrons. The number of hydrogen-bond acceptors (Lipinski definition) is 4. The van der Waals surface area contributed by atoms with E-state index < -0.39 is 0 Å². The minimum atomic E-state index is -0.0308. The molecule has 5 heteroatoms. The smallest absolute Gasteiger partial charge is 0.216 e. The van der Waals surface area contributed by atoms with E-state index in [0.717, 1.165) is 15.5 Å². The van der Waals surface area contributed by atoms with Gasteiger partial charge in [-0.1, -0.05) is 24.3 Å². The molecule has 0 N–H and O–H groups in total. The van der Waals surface area contributed by atoms with E-state index in [1.54, 1.807) is 0 Å². The Labute approximate surface area is 115 Å². The summed E-state index contributed by atoms with van der Waals surface area (Å²) in [6.45, 7) is 0. The van der Waals surface area contributed by atoms with Crippen molar-refractivity contribution in [1.29, 1.82) is 0 Å². The zero-order chi connectivity index (χ0) is 12.6. The van der Waals surface area contributed by atoms with Gasteiger partial charge in [0.05, 0.1) is 4.90 Å². The fourth-order valence-corrected chi connectivity index (χ4v) is 2.86. The van der Waals surface area contributed by atoms with Crippen molar-refractivity contribution in [3.05, 3.63) is 48.5 Å². The lowest BCUT2D eigenvalue weighted by atomic mass is 10.3. The van der Waals surface area contributed by atoms with Gasteiger partial charge < -0.3 is 0 Å². The quantitative estimate of drug-likeness (QED) is 0.513. The van der Waals surface area contributed by atoms with Gasteiger partial charge in [0.15, 0.2) is 7.05 Å². The van der Waals surface area contributed by atoms with Gasteiger partial charge in [0.1, 0.15) is 9.11 Å². The maximum Gasteiger partial charge on any atom is 0.216 e. The molecule has 3 nitrogen and oxygen atoms in total. The number of thiol groups is 1. The molecule has 0 saturated heterocycles. The monoisotopic (exact) mass is 278 g/mol. The molecule has 1 heterocycles. The van der Waals surface area contributed by atoms with Gasteiger partial charge in [0.25, 0.3) is 0 Å². The Balaban J connectivity index is 1.85. The Morgan fingerprint density at radius 2 is 1.83 bits per heavy atom. The summed E-state index contributed by atoms with van der Waals surface area (Å²) < 4.78 is -0.0308. The molecule has 2 aromatic rings. The summed E-state index contributed by atoms with van der Waals surface area (Å²) in [6, 6.07) is 15.5. The first kappa shape index (κ1) is 11.8. The number of para-hydroxylation sites is 2. The molecule has 3 rings (SSSR count). The molecule has 0 saturated carbocycles. The molecule has 1 atom stereocenters. The van der Waals surface area contributed by atoms with Gasteiger partial charge in [-0.15, -0.1) is 12.6 Å². The topological polar surface area (TPSA) is 18.5 Å². The van der Waals surface area contributed by atoms with Crippen LogP contribution >= 0.6 is 24.6 Å². The van der Waals surface area contributed by atoms with Crippen molar-refractivity contribution in [1.82, 2.24) is 0 Å². The molecule has 0 fully saturated rings. The fourth-order valence-electron chi connectivity index (χ4n) is 1.73. The summed E-state index contributed by atoms with van der Waals surface area (Å²) in [5.41, 5.74) is 0. The van der Waals surface area contributed by atoms with Crippen molar-refractivity contribution in [3.8, 4) is 11.5 Å². The summed E-state index contributed by atoms with van der Waals surface area (Å²) in [7, 11) is 1.85. The van der Waals surface area contributed by atoms with Gasteiger partial charge in [0, 0.05) is 0 Å². The highest BCUT2D eigenvalue weighted by molar-refractivity contribution is 7.94. The molecule has 1 aliphatic rings. The lowest BCUT2D eigenvalue weighted by Gasteiger charge is -2.20. The van der Waals surface area contributed by atoms with Crippen LogP contribution in [-0.4, -0.2) is 11.3 Å². The maximum atomic E-state index is 5.88. The molecular weight excluding hydrogens is 266 g/mol. The van der Waals surface area contributed by atoms with Gasteiger partial charge >= 0.3 is 0 Å². The highest BCUT2D eigenvalue weighted by Crippen LogP contribution is 2.45. The molecule has 0 bridgehead atoms. The molecule has 0 aromatic heterocycles. The number of hydroxylamine groups is 2. The Hall–Kier alpha value is -1.30. The van der Waals surface area contributed by atoms with E-state index in [0.29, 0.717) is 5.75 Å². The zero-order valence-corrected chi connectivity index (χ0v) is 11.4. The fraction of sp³-hybridized carbons (Fsp3) is 0.0769. The van der Waals surface area contributed by atoms with E-state index >= 15 is 0 Å². The Morgan fingerprint density at radius 3 is 2.61 bits per heavy atom. The number of hydrogen-bond donors (Lipinski definition) is 1. The molecule has 92 valence electrons. The molecular formula is C13H12NO2S2+. The van der Waals surface area contributed by atoms with Gasteiger partial charge in [0.2, 0.25) is 23.4 Å². The Bertz CT molecular complexity index is 564. The van der Waals surface area contributed by atoms with Crippen LogP contribution in [0.3, 0.4) is 0 Å². The van der Waals surface area contributed by atoms with Crippen LogP contribution < -0.4 is 9.68 Å². The SMILES string of the molecule is C[N+]1(Oc2ccccc2S)Oc2ccccc2S1. The summed E-state index contributed by atoms with van der Waals surface area (Å²) >= 11 is 5.87. The summed E-state index contributed by atoms with van der Waals surface area (Å²) in [6.07, 6.45) is 0. The van der Waals surface area contributed by atoms with Crippen molar-refractivity contribution < 1.29 is 13.9 Å². The molecule has 0 aliphatic carbocycles. The molecule has 0 amide bonds. The number of nitrogens with zero attached hydrogens (tertiary/aromatic N) is 1. The van der Waals surface area contributed by atoms with Gasteiger partial charge in [-0.3, -0.25) is 9.68 Å². The molecule has 18 heavy (non-hydrogen) atoms. The van der Waals surface area contributed by atoms with E-state index in [9.17, 15) is 0 Å². The van der Waals surface area contributed by atoms with Gasteiger partial charge in [-0.05, 0) is 24.3 Å². The van der Waals surface area contributed by atoms with Crippen molar-refractivity contribution in [2.45, 2.75) is 9.79 Å². The van der Waals surface area contributed by atoms with E-state index in [4.69, 9.17) is 9.68 Å². The standard InChI is InChI=1S/C13H11NO2S2/c1-14(15-10-6-2-4-8-12(10)17)16-11-7-3-5-9-13(11)18-14/h2-9H,1H3/p+1. The highest BCUT2D eigenvalue weighted by atomic mass is 32.2. The molecule has 2 aromatic carbocycles. The second-order valence-electron chi connectivity index (χ2n) is 3.96. The van der Waals surface area contributed by atoms with E-state index in [-0.39, 0.29) is 4.21 Å². The normalized spacial score (nSPS) is 21.2. The minimum Gasteiger partial charge on any atom is -0.257 e. The van der Waals surface area contributed by atoms with Crippen LogP contribution in [0.4, 0.5) is 0 Å². The van der Waals surface area contributed by atoms with Crippen LogP contribution in [0, 0.1) is 0 Å². The molecule has 1 aliphatic heterocycles. The maximum absolute atomic E-state index is 5.88. The largest absolute Gasteiger partial charge is 0.257 e. The van der Waals surface area contributed by atoms with Crippen LogP contribution in [0.25, 0.3) is 0 Å². The summed E-state index contributed by atoms with van der Waals surface area (Å²) in [5, 5.41) is 0. The first-order valence-electron chi connectivity index (χ1n) is 5.49. The third kappa shape index (κ3) is 2.16. The second kappa shape index (κ2) is 4.42. The van der Waals surface area contributed by atoms with Crippen LogP contribution in [-0.2, 0) is 0 Å². The van der Waals surface area contributed by atoms with E-state index in [1.165, 1.54) is 11.9 Å². The average Bonchev–Trinajstić information content (AvgIpc) is 2.68. The second-order valence-corrected chi connectivity index (χ2v) is 5.73. The lowest BCUT2D eigenvalue weighted by Crippen LogP contribution is -2.40. The minimum absolute atomic E-state index is 0.0308. The molecule has 0 spiro atoms. The van der Waals surface area contributed by atoms with Crippen molar-refractivity contribution in [2.75, 3.05) is 7.05 Å². The first-order chi connectivity index (χ1) is 8.66. The van der Waals surface area contributed by atoms with E-state index in [2.05, 4.69) is 12.6 Å². The molecule has 1 unspecified atom stereocenters. The zero-order valence-electron chi connectivity index (χ0n) is 9.74. The number of rotatable bonds is 2. The third-order valence-corrected chi connectivity index (χ3v) is 3.89. The predicted molar refractivity (Wildman–Crippen MR) is 73.4 cm³/mol. The summed E-state index contributed by atoms with van der Waals surface area (Å²) in [5.74, 6) is 1.53. The number of benzene rings is 2. The average molecular weight is 278 g/mol. The van der Waals surface area contributed by atoms with Crippen LogP contribution in [0.2, 0.25) is 0 Å². The van der Waals surface area contributed by atoms with Crippen LogP contribution in [0.5, 0.6) is 11.5 Å². The van der Waals surface area contributed by atoms with Gasteiger partial charge in [-0.2, -0.15) is 0 Å². The van der Waals surface area contributed by atoms with Crippen LogP contribution in [0.1, 0.15) is 0 Å². The first-order valence-corrected chi connectivity index (χ1v) is 6.71. The van der Waals surface area contributed by atoms with Crippen molar-refractivity contribution in [3.63, 3.8) is 0 Å². The van der Waals surface area contributed by atoms with Crippen molar-refractivity contribution in [2.24, 2.45) is 0 Å². The summed E-state index contributed by atoms with van der Waals surface area (Å²) in [4.78, 5) is 13.5. The van der Waals surface area contributed by atoms with Crippen molar-refractivity contribution >= 4 is 24.6 Å².